The van der Waals surface area contributed by atoms with E-state index >= 15 is 0 Å². The van der Waals surface area contributed by atoms with Crippen LogP contribution in [0, 0.1) is 5.41 Å². The number of carbonyl (C=O) groups excluding carboxylic acids is 3. The van der Waals surface area contributed by atoms with E-state index in [0.717, 1.165) is 0 Å². The van der Waals surface area contributed by atoms with E-state index in [0.29, 0.717) is 25.1 Å². The van der Waals surface area contributed by atoms with Gasteiger partial charge in [-0.15, -0.1) is 0 Å². The van der Waals surface area contributed by atoms with Crippen molar-refractivity contribution in [1.82, 2.24) is 10.2 Å². The summed E-state index contributed by atoms with van der Waals surface area (Å²) in [6.45, 7) is 7.17. The second kappa shape index (κ2) is 8.82. The monoisotopic (exact) mass is 423 g/mol. The van der Waals surface area contributed by atoms with Gasteiger partial charge < -0.3 is 20.6 Å². The summed E-state index contributed by atoms with van der Waals surface area (Å²) in [6, 6.07) is 2.67. The van der Waals surface area contributed by atoms with E-state index in [1.807, 2.05) is 0 Å². The molecule has 1 aromatic rings. The number of nitrogens with zero attached hydrogens (tertiary/aromatic N) is 1. The quantitative estimate of drug-likeness (QED) is 0.672. The van der Waals surface area contributed by atoms with Gasteiger partial charge in [0.05, 0.1) is 10.7 Å². The lowest BCUT2D eigenvalue weighted by Crippen LogP contribution is -2.50. The molecule has 3 N–H and O–H groups in total. The first kappa shape index (κ1) is 22.7. The van der Waals surface area contributed by atoms with Gasteiger partial charge in [0.2, 0.25) is 11.8 Å². The highest BCUT2D eigenvalue weighted by atomic mass is 35.5. The van der Waals surface area contributed by atoms with Gasteiger partial charge >= 0.3 is 5.97 Å². The number of carboxylic acid groups (broad SMARTS) is 1. The third kappa shape index (κ3) is 5.47. The Kier molecular flexibility index (Phi) is 6.89. The fraction of sp³-hybridized carbons (Fsp3) is 0.500. The van der Waals surface area contributed by atoms with Gasteiger partial charge in [-0.05, 0) is 38.0 Å². The van der Waals surface area contributed by atoms with Crippen LogP contribution in [-0.4, -0.2) is 52.3 Å². The van der Waals surface area contributed by atoms with Crippen molar-refractivity contribution in [3.05, 3.63) is 28.8 Å². The lowest BCUT2D eigenvalue weighted by molar-refractivity contribution is -0.148. The van der Waals surface area contributed by atoms with Crippen molar-refractivity contribution in [3.63, 3.8) is 0 Å². The third-order valence-corrected chi connectivity index (χ3v) is 5.01. The van der Waals surface area contributed by atoms with Crippen molar-refractivity contribution in [3.8, 4) is 0 Å². The fourth-order valence-electron chi connectivity index (χ4n) is 2.95. The van der Waals surface area contributed by atoms with Crippen LogP contribution in [0.15, 0.2) is 18.2 Å². The van der Waals surface area contributed by atoms with E-state index in [-0.39, 0.29) is 16.5 Å². The van der Waals surface area contributed by atoms with Crippen LogP contribution in [0.3, 0.4) is 0 Å². The second-order valence-electron chi connectivity index (χ2n) is 8.12. The zero-order chi connectivity index (χ0) is 21.9. The lowest BCUT2D eigenvalue weighted by atomic mass is 9.95. The number of likely N-dealkylation sites (tertiary alicyclic amines) is 1. The van der Waals surface area contributed by atoms with Crippen molar-refractivity contribution < 1.29 is 24.3 Å². The summed E-state index contributed by atoms with van der Waals surface area (Å²) in [7, 11) is 0. The maximum Gasteiger partial charge on any atom is 0.326 e. The number of anilines is 1. The molecule has 0 aliphatic carbocycles. The number of halogens is 1. The molecule has 1 aliphatic heterocycles. The Balaban J connectivity index is 2.05. The third-order valence-electron chi connectivity index (χ3n) is 4.70. The number of hydrogen-bond donors (Lipinski definition) is 3. The Bertz CT molecular complexity index is 834. The average molecular weight is 424 g/mol. The van der Waals surface area contributed by atoms with E-state index in [2.05, 4.69) is 10.6 Å². The molecule has 158 valence electrons. The van der Waals surface area contributed by atoms with Gasteiger partial charge in [0, 0.05) is 17.5 Å². The highest BCUT2D eigenvalue weighted by molar-refractivity contribution is 6.34. The number of aliphatic carboxylic acids is 1. The molecule has 3 amide bonds. The molecule has 29 heavy (non-hydrogen) atoms. The van der Waals surface area contributed by atoms with Gasteiger partial charge in [0.1, 0.15) is 12.1 Å². The number of nitrogens with one attached hydrogen (secondary N) is 2. The Morgan fingerprint density at radius 2 is 1.90 bits per heavy atom. The van der Waals surface area contributed by atoms with Crippen molar-refractivity contribution in [1.29, 1.82) is 0 Å². The topological polar surface area (TPSA) is 116 Å². The summed E-state index contributed by atoms with van der Waals surface area (Å²) in [6.07, 6.45) is 1.01. The number of carboxylic acids is 1. The van der Waals surface area contributed by atoms with Crippen molar-refractivity contribution in [2.45, 2.75) is 52.6 Å². The number of hydrogen-bond acceptors (Lipinski definition) is 4. The van der Waals surface area contributed by atoms with Crippen LogP contribution >= 0.6 is 11.6 Å². The highest BCUT2D eigenvalue weighted by Crippen LogP contribution is 2.26. The Labute approximate surface area is 174 Å². The predicted octanol–water partition coefficient (Wildman–Crippen LogP) is 2.52. The molecule has 0 saturated carbocycles. The van der Waals surface area contributed by atoms with E-state index in [4.69, 9.17) is 11.6 Å². The second-order valence-corrected chi connectivity index (χ2v) is 8.53. The van der Waals surface area contributed by atoms with Crippen molar-refractivity contribution >= 4 is 41.0 Å². The van der Waals surface area contributed by atoms with Gasteiger partial charge in [-0.1, -0.05) is 32.4 Å². The van der Waals surface area contributed by atoms with Crippen LogP contribution in [0.5, 0.6) is 0 Å². The summed E-state index contributed by atoms with van der Waals surface area (Å²) in [5, 5.41) is 14.7. The molecular weight excluding hydrogens is 398 g/mol. The molecule has 1 aliphatic rings. The van der Waals surface area contributed by atoms with Gasteiger partial charge in [-0.2, -0.15) is 0 Å². The molecule has 9 heteroatoms. The Morgan fingerprint density at radius 1 is 1.24 bits per heavy atom. The van der Waals surface area contributed by atoms with Crippen LogP contribution in [-0.2, 0) is 14.4 Å². The zero-order valence-corrected chi connectivity index (χ0v) is 17.7. The molecule has 0 bridgehead atoms. The standard InChI is InChI=1S/C20H26ClN3O5/c1-11(17(26)24-9-5-6-15(24)18(27)28)22-16(25)12-7-8-14(13(21)10-12)23-19(29)20(2,3)4/h7-8,10-11,15H,5-6,9H2,1-4H3,(H,22,25)(H,23,29)(H,27,28). The average Bonchev–Trinajstić information content (AvgIpc) is 3.11. The minimum Gasteiger partial charge on any atom is -0.480 e. The smallest absolute Gasteiger partial charge is 0.326 e. The van der Waals surface area contributed by atoms with Gasteiger partial charge in [0.15, 0.2) is 0 Å². The normalized spacial score (nSPS) is 17.6. The molecule has 0 radical (unpaired) electrons. The van der Waals surface area contributed by atoms with Crippen LogP contribution in [0.1, 0.15) is 50.9 Å². The zero-order valence-electron chi connectivity index (χ0n) is 16.9. The van der Waals surface area contributed by atoms with Crippen molar-refractivity contribution in [2.75, 3.05) is 11.9 Å². The maximum absolute atomic E-state index is 12.5. The Morgan fingerprint density at radius 3 is 2.45 bits per heavy atom. The number of benzene rings is 1. The Hall–Kier alpha value is -2.61. The van der Waals surface area contributed by atoms with E-state index in [1.165, 1.54) is 30.0 Å². The van der Waals surface area contributed by atoms with Crippen LogP contribution < -0.4 is 10.6 Å². The molecule has 1 fully saturated rings. The lowest BCUT2D eigenvalue weighted by Gasteiger charge is -2.25. The number of carbonyl (C=O) groups is 4. The molecule has 8 nitrogen and oxygen atoms in total. The minimum atomic E-state index is -1.05. The van der Waals surface area contributed by atoms with E-state index in [9.17, 15) is 24.3 Å². The summed E-state index contributed by atoms with van der Waals surface area (Å²) in [4.78, 5) is 49.7. The largest absolute Gasteiger partial charge is 0.480 e. The first-order chi connectivity index (χ1) is 13.4. The van der Waals surface area contributed by atoms with Gasteiger partial charge in [-0.25, -0.2) is 4.79 Å². The SMILES string of the molecule is CC(NC(=O)c1ccc(NC(=O)C(C)(C)C)c(Cl)c1)C(=O)N1CCCC1C(=O)O. The summed E-state index contributed by atoms with van der Waals surface area (Å²) >= 11 is 6.19. The van der Waals surface area contributed by atoms with Crippen LogP contribution in [0.2, 0.25) is 5.02 Å². The molecule has 0 spiro atoms. The molecule has 1 aromatic carbocycles. The van der Waals surface area contributed by atoms with Gasteiger partial charge in [0.25, 0.3) is 5.91 Å². The maximum atomic E-state index is 12.5. The summed E-state index contributed by atoms with van der Waals surface area (Å²) in [5.41, 5.74) is 0.00620. The molecule has 2 unspecified atom stereocenters. The molecule has 2 atom stereocenters. The molecule has 2 rings (SSSR count). The molecular formula is C20H26ClN3O5. The van der Waals surface area contributed by atoms with E-state index < -0.39 is 35.3 Å². The van der Waals surface area contributed by atoms with Crippen molar-refractivity contribution in [2.24, 2.45) is 5.41 Å². The fourth-order valence-corrected chi connectivity index (χ4v) is 3.17. The first-order valence-corrected chi connectivity index (χ1v) is 9.74. The van der Waals surface area contributed by atoms with Crippen LogP contribution in [0.25, 0.3) is 0 Å². The minimum absolute atomic E-state index is 0.194. The highest BCUT2D eigenvalue weighted by Gasteiger charge is 2.36. The molecule has 0 aromatic heterocycles. The molecule has 1 heterocycles. The first-order valence-electron chi connectivity index (χ1n) is 9.37. The van der Waals surface area contributed by atoms with Crippen LogP contribution in [0.4, 0.5) is 5.69 Å². The number of amides is 3. The van der Waals surface area contributed by atoms with Gasteiger partial charge in [-0.3, -0.25) is 14.4 Å². The molecule has 1 saturated heterocycles. The van der Waals surface area contributed by atoms with E-state index in [1.54, 1.807) is 20.8 Å². The summed E-state index contributed by atoms with van der Waals surface area (Å²) in [5.74, 6) is -2.22. The summed E-state index contributed by atoms with van der Waals surface area (Å²) < 4.78 is 0. The number of rotatable bonds is 5. The predicted molar refractivity (Wildman–Crippen MR) is 109 cm³/mol.